The van der Waals surface area contributed by atoms with Crippen LogP contribution in [0.15, 0.2) is 212 Å². The summed E-state index contributed by atoms with van der Waals surface area (Å²) in [6.07, 6.45) is 0. The van der Waals surface area contributed by atoms with Crippen LogP contribution in [0.25, 0.3) is 120 Å². The molecule has 4 heteroatoms. The van der Waals surface area contributed by atoms with E-state index in [4.69, 9.17) is 15.0 Å². The molecule has 0 saturated heterocycles. The molecule has 0 aliphatic heterocycles. The number of fused-ring (bicyclic) bond motifs is 7. The molecule has 0 unspecified atom stereocenters. The summed E-state index contributed by atoms with van der Waals surface area (Å²) in [5, 5.41) is 9.58. The van der Waals surface area contributed by atoms with E-state index >= 15 is 0 Å². The van der Waals surface area contributed by atoms with Crippen LogP contribution in [0.5, 0.6) is 0 Å². The molecule has 0 atom stereocenters. The average Bonchev–Trinajstić information content (AvgIpc) is 3.73. The lowest BCUT2D eigenvalue weighted by atomic mass is 9.88. The minimum atomic E-state index is 0.649. The molecule has 3 nitrogen and oxygen atoms in total. The zero-order valence-electron chi connectivity index (χ0n) is 33.0. The van der Waals surface area contributed by atoms with Crippen LogP contribution >= 0.6 is 11.3 Å². The summed E-state index contributed by atoms with van der Waals surface area (Å²) in [5.41, 5.74) is 10.2. The first kappa shape index (κ1) is 35.2. The Hall–Kier alpha value is -7.79. The third-order valence-electron chi connectivity index (χ3n) is 12.0. The molecule has 0 fully saturated rings. The lowest BCUT2D eigenvalue weighted by molar-refractivity contribution is 1.08. The Kier molecular flexibility index (Phi) is 8.36. The summed E-state index contributed by atoms with van der Waals surface area (Å²) in [6.45, 7) is 0. The van der Waals surface area contributed by atoms with Crippen molar-refractivity contribution in [2.45, 2.75) is 0 Å². The average molecular weight is 794 g/mol. The summed E-state index contributed by atoms with van der Waals surface area (Å²) in [7, 11) is 0. The van der Waals surface area contributed by atoms with Crippen LogP contribution < -0.4 is 0 Å². The van der Waals surface area contributed by atoms with Crippen LogP contribution in [0, 0.1) is 0 Å². The third-order valence-corrected chi connectivity index (χ3v) is 13.2. The fraction of sp³-hybridized carbons (Fsp3) is 0. The summed E-state index contributed by atoms with van der Waals surface area (Å²) >= 11 is 1.79. The highest BCUT2D eigenvalue weighted by molar-refractivity contribution is 7.26. The molecule has 12 aromatic rings. The number of aromatic nitrogens is 3. The number of rotatable bonds is 6. The molecular weight excluding hydrogens is 759 g/mol. The van der Waals surface area contributed by atoms with Gasteiger partial charge in [0.05, 0.1) is 0 Å². The zero-order chi connectivity index (χ0) is 40.3. The molecule has 0 saturated carbocycles. The van der Waals surface area contributed by atoms with E-state index in [1.807, 2.05) is 18.2 Å². The zero-order valence-corrected chi connectivity index (χ0v) is 33.8. The van der Waals surface area contributed by atoms with E-state index in [0.29, 0.717) is 17.5 Å². The minimum absolute atomic E-state index is 0.649. The Morgan fingerprint density at radius 2 is 0.787 bits per heavy atom. The maximum absolute atomic E-state index is 5.31. The molecule has 284 valence electrons. The number of nitrogens with zero attached hydrogens (tertiary/aromatic N) is 3. The number of hydrogen-bond donors (Lipinski definition) is 0. The molecule has 2 aromatic heterocycles. The topological polar surface area (TPSA) is 38.7 Å². The van der Waals surface area contributed by atoms with Crippen molar-refractivity contribution in [1.82, 2.24) is 15.0 Å². The van der Waals surface area contributed by atoms with Gasteiger partial charge in [-0.15, -0.1) is 11.3 Å². The monoisotopic (exact) mass is 793 g/mol. The van der Waals surface area contributed by atoms with E-state index in [1.54, 1.807) is 11.3 Å². The molecule has 10 aromatic carbocycles. The molecule has 0 spiro atoms. The van der Waals surface area contributed by atoms with E-state index in [0.717, 1.165) is 27.5 Å². The normalized spacial score (nSPS) is 11.6. The first-order valence-corrected chi connectivity index (χ1v) is 21.4. The van der Waals surface area contributed by atoms with Gasteiger partial charge in [-0.3, -0.25) is 0 Å². The predicted octanol–water partition coefficient (Wildman–Crippen LogP) is 15.7. The van der Waals surface area contributed by atoms with Crippen LogP contribution in [0.2, 0.25) is 0 Å². The standard InChI is InChI=1S/C57H35N3S/c1-3-16-36(17-4-1)40-20-7-8-21-41(40)38-30-31-39-35-52(45-25-12-11-24-44(45)51(39)34-38)46-32-33-49(43-23-10-9-22-42(43)46)56-58-55(37-18-5-2-6-19-37)59-57(60-56)50-28-15-27-48-47-26-13-14-29-53(47)61-54(48)50/h1-35H. The first-order chi connectivity index (χ1) is 30.2. The quantitative estimate of drug-likeness (QED) is 0.157. The largest absolute Gasteiger partial charge is 0.208 e. The van der Waals surface area contributed by atoms with Crippen molar-refractivity contribution < 1.29 is 0 Å². The molecule has 2 heterocycles. The van der Waals surface area contributed by atoms with Gasteiger partial charge in [-0.05, 0) is 96.0 Å². The summed E-state index contributed by atoms with van der Waals surface area (Å²) in [6, 6.07) is 75.9. The van der Waals surface area contributed by atoms with E-state index in [2.05, 4.69) is 194 Å². The second-order valence-corrected chi connectivity index (χ2v) is 16.5. The van der Waals surface area contributed by atoms with Crippen LogP contribution in [0.4, 0.5) is 0 Å². The smallest absolute Gasteiger partial charge is 0.165 e. The van der Waals surface area contributed by atoms with Gasteiger partial charge < -0.3 is 0 Å². The Labute approximate surface area is 356 Å². The van der Waals surface area contributed by atoms with Gasteiger partial charge in [0.1, 0.15) is 0 Å². The van der Waals surface area contributed by atoms with Gasteiger partial charge >= 0.3 is 0 Å². The summed E-state index contributed by atoms with van der Waals surface area (Å²) in [4.78, 5) is 15.7. The highest BCUT2D eigenvalue weighted by atomic mass is 32.1. The summed E-state index contributed by atoms with van der Waals surface area (Å²) < 4.78 is 2.43. The second kappa shape index (κ2) is 14.5. The van der Waals surface area contributed by atoms with Crippen LogP contribution in [-0.2, 0) is 0 Å². The maximum atomic E-state index is 5.31. The van der Waals surface area contributed by atoms with Gasteiger partial charge in [-0.1, -0.05) is 182 Å². The molecule has 0 N–H and O–H groups in total. The molecule has 0 radical (unpaired) electrons. The van der Waals surface area contributed by atoms with Crippen molar-refractivity contribution >= 4 is 63.8 Å². The van der Waals surface area contributed by atoms with E-state index < -0.39 is 0 Å². The van der Waals surface area contributed by atoms with E-state index in [-0.39, 0.29) is 0 Å². The van der Waals surface area contributed by atoms with Gasteiger partial charge in [0.2, 0.25) is 0 Å². The number of benzene rings is 10. The highest BCUT2D eigenvalue weighted by Crippen LogP contribution is 2.44. The van der Waals surface area contributed by atoms with Crippen molar-refractivity contribution in [3.8, 4) is 67.5 Å². The van der Waals surface area contributed by atoms with Crippen molar-refractivity contribution in [3.05, 3.63) is 212 Å². The van der Waals surface area contributed by atoms with Gasteiger partial charge in [-0.25, -0.2) is 15.0 Å². The van der Waals surface area contributed by atoms with Gasteiger partial charge in [0, 0.05) is 36.9 Å². The fourth-order valence-electron chi connectivity index (χ4n) is 9.08. The van der Waals surface area contributed by atoms with Crippen molar-refractivity contribution in [2.75, 3.05) is 0 Å². The number of thiophene rings is 1. The molecule has 0 aliphatic carbocycles. The first-order valence-electron chi connectivity index (χ1n) is 20.6. The molecule has 0 aliphatic rings. The maximum Gasteiger partial charge on any atom is 0.165 e. The van der Waals surface area contributed by atoms with Gasteiger partial charge in [0.15, 0.2) is 17.5 Å². The minimum Gasteiger partial charge on any atom is -0.208 e. The Morgan fingerprint density at radius 1 is 0.262 bits per heavy atom. The SMILES string of the molecule is c1ccc(-c2nc(-c3ccc(-c4cc5ccc(-c6ccccc6-c6ccccc6)cc5c5ccccc45)c4ccccc34)nc(-c3cccc4c3sc3ccccc34)n2)cc1. The van der Waals surface area contributed by atoms with Crippen molar-refractivity contribution in [2.24, 2.45) is 0 Å². The second-order valence-electron chi connectivity index (χ2n) is 15.5. The molecular formula is C57H35N3S. The number of hydrogen-bond acceptors (Lipinski definition) is 4. The summed E-state index contributed by atoms with van der Waals surface area (Å²) in [5.74, 6) is 1.97. The molecule has 61 heavy (non-hydrogen) atoms. The lowest BCUT2D eigenvalue weighted by Gasteiger charge is -2.17. The third kappa shape index (κ3) is 5.99. The fourth-order valence-corrected chi connectivity index (χ4v) is 10.3. The molecule has 0 bridgehead atoms. The Balaban J connectivity index is 1.03. The van der Waals surface area contributed by atoms with E-state index in [1.165, 1.54) is 75.1 Å². The molecule has 0 amide bonds. The van der Waals surface area contributed by atoms with Crippen LogP contribution in [0.3, 0.4) is 0 Å². The van der Waals surface area contributed by atoms with Crippen molar-refractivity contribution in [1.29, 1.82) is 0 Å². The van der Waals surface area contributed by atoms with Crippen molar-refractivity contribution in [3.63, 3.8) is 0 Å². The Morgan fingerprint density at radius 3 is 1.54 bits per heavy atom. The van der Waals surface area contributed by atoms with E-state index in [9.17, 15) is 0 Å². The van der Waals surface area contributed by atoms with Gasteiger partial charge in [0.25, 0.3) is 0 Å². The van der Waals surface area contributed by atoms with Crippen LogP contribution in [0.1, 0.15) is 0 Å². The lowest BCUT2D eigenvalue weighted by Crippen LogP contribution is -2.01. The Bertz CT molecular complexity index is 3650. The predicted molar refractivity (Wildman–Crippen MR) is 258 cm³/mol. The van der Waals surface area contributed by atoms with Gasteiger partial charge in [-0.2, -0.15) is 0 Å². The van der Waals surface area contributed by atoms with Crippen LogP contribution in [-0.4, -0.2) is 15.0 Å². The highest BCUT2D eigenvalue weighted by Gasteiger charge is 2.20. The molecule has 12 rings (SSSR count).